The summed E-state index contributed by atoms with van der Waals surface area (Å²) >= 11 is 0. The van der Waals surface area contributed by atoms with Crippen LogP contribution in [0.5, 0.6) is 0 Å². The lowest BCUT2D eigenvalue weighted by Crippen LogP contribution is -2.47. The summed E-state index contributed by atoms with van der Waals surface area (Å²) in [6.07, 6.45) is 3.13. The molecule has 0 radical (unpaired) electrons. The molecule has 1 aliphatic carbocycles. The first-order valence-electron chi connectivity index (χ1n) is 6.17. The third-order valence-corrected chi connectivity index (χ3v) is 4.28. The van der Waals surface area contributed by atoms with Gasteiger partial charge in [0.25, 0.3) is 0 Å². The summed E-state index contributed by atoms with van der Waals surface area (Å²) in [5, 5.41) is 11.4. The van der Waals surface area contributed by atoms with Crippen molar-refractivity contribution in [1.82, 2.24) is 5.32 Å². The van der Waals surface area contributed by atoms with Gasteiger partial charge >= 0.3 is 5.97 Å². The Balaban J connectivity index is 2.58. The molecule has 7 nitrogen and oxygen atoms in total. The maximum absolute atomic E-state index is 11.9. The fourth-order valence-electron chi connectivity index (χ4n) is 2.18. The van der Waals surface area contributed by atoms with E-state index in [1.165, 1.54) is 0 Å². The average molecular weight is 292 g/mol. The molecule has 3 atom stereocenters. The van der Waals surface area contributed by atoms with Gasteiger partial charge in [0.05, 0.1) is 11.7 Å². The van der Waals surface area contributed by atoms with Crippen molar-refractivity contribution in [2.45, 2.75) is 37.8 Å². The quantitative estimate of drug-likeness (QED) is 0.583. The van der Waals surface area contributed by atoms with Gasteiger partial charge in [-0.15, -0.1) is 0 Å². The van der Waals surface area contributed by atoms with Crippen LogP contribution < -0.4 is 11.1 Å². The molecule has 0 saturated heterocycles. The van der Waals surface area contributed by atoms with Crippen LogP contribution in [0.1, 0.15) is 25.7 Å². The van der Waals surface area contributed by atoms with Gasteiger partial charge in [0, 0.05) is 12.3 Å². The third kappa shape index (κ3) is 5.15. The van der Waals surface area contributed by atoms with Gasteiger partial charge in [0.15, 0.2) is 0 Å². The van der Waals surface area contributed by atoms with Crippen molar-refractivity contribution in [1.29, 1.82) is 0 Å². The molecule has 0 bridgehead atoms. The number of carboxylic acid groups (broad SMARTS) is 1. The van der Waals surface area contributed by atoms with Crippen LogP contribution in [0.25, 0.3) is 0 Å². The van der Waals surface area contributed by atoms with Crippen LogP contribution in [0.15, 0.2) is 0 Å². The summed E-state index contributed by atoms with van der Waals surface area (Å²) in [6.45, 7) is 0. The molecule has 4 N–H and O–H groups in total. The number of aliphatic carboxylic acids is 1. The second kappa shape index (κ2) is 6.33. The highest BCUT2D eigenvalue weighted by Crippen LogP contribution is 2.24. The van der Waals surface area contributed by atoms with E-state index in [1.807, 2.05) is 0 Å². The Morgan fingerprint density at radius 1 is 1.42 bits per heavy atom. The van der Waals surface area contributed by atoms with Gasteiger partial charge in [-0.25, -0.2) is 13.2 Å². The molecule has 0 heterocycles. The second-order valence-corrected chi connectivity index (χ2v) is 7.28. The molecule has 0 aromatic heterocycles. The lowest BCUT2D eigenvalue weighted by molar-refractivity contribution is -0.142. The Morgan fingerprint density at radius 3 is 2.47 bits per heavy atom. The molecule has 1 aliphatic rings. The van der Waals surface area contributed by atoms with Crippen LogP contribution in [0.2, 0.25) is 0 Å². The summed E-state index contributed by atoms with van der Waals surface area (Å²) < 4.78 is 22.1. The molecule has 8 heteroatoms. The molecule has 3 unspecified atom stereocenters. The maximum Gasteiger partial charge on any atom is 0.326 e. The first-order valence-corrected chi connectivity index (χ1v) is 8.23. The SMILES string of the molecule is CS(=O)(=O)CCC(NC(=O)C1CCCC1N)C(=O)O. The smallest absolute Gasteiger partial charge is 0.326 e. The van der Waals surface area contributed by atoms with E-state index in [1.54, 1.807) is 0 Å². The van der Waals surface area contributed by atoms with Crippen molar-refractivity contribution in [3.05, 3.63) is 0 Å². The van der Waals surface area contributed by atoms with Crippen molar-refractivity contribution in [3.8, 4) is 0 Å². The lowest BCUT2D eigenvalue weighted by Gasteiger charge is -2.19. The number of carbonyl (C=O) groups excluding carboxylic acids is 1. The van der Waals surface area contributed by atoms with Crippen molar-refractivity contribution in [3.63, 3.8) is 0 Å². The second-order valence-electron chi connectivity index (χ2n) is 5.02. The first kappa shape index (κ1) is 15.9. The van der Waals surface area contributed by atoms with Gasteiger partial charge in [0.2, 0.25) is 5.91 Å². The van der Waals surface area contributed by atoms with E-state index in [-0.39, 0.29) is 24.1 Å². The number of nitrogens with one attached hydrogen (secondary N) is 1. The zero-order valence-corrected chi connectivity index (χ0v) is 11.6. The molecule has 0 spiro atoms. The molecular formula is C11H20N2O5S. The van der Waals surface area contributed by atoms with E-state index in [4.69, 9.17) is 10.8 Å². The Morgan fingerprint density at radius 2 is 2.05 bits per heavy atom. The Labute approximate surface area is 112 Å². The molecular weight excluding hydrogens is 272 g/mol. The van der Waals surface area contributed by atoms with Crippen LogP contribution in [0.3, 0.4) is 0 Å². The van der Waals surface area contributed by atoms with Crippen molar-refractivity contribution < 1.29 is 23.1 Å². The zero-order chi connectivity index (χ0) is 14.6. The normalized spacial score (nSPS) is 24.9. The fraction of sp³-hybridized carbons (Fsp3) is 0.818. The minimum absolute atomic E-state index is 0.137. The first-order chi connectivity index (χ1) is 8.70. The largest absolute Gasteiger partial charge is 0.480 e. The zero-order valence-electron chi connectivity index (χ0n) is 10.8. The molecule has 110 valence electrons. The molecule has 1 fully saturated rings. The molecule has 1 amide bonds. The summed E-state index contributed by atoms with van der Waals surface area (Å²) in [5.74, 6) is -2.28. The van der Waals surface area contributed by atoms with Crippen LogP contribution in [-0.2, 0) is 19.4 Å². The average Bonchev–Trinajstić information content (AvgIpc) is 2.68. The van der Waals surface area contributed by atoms with E-state index in [9.17, 15) is 18.0 Å². The number of nitrogens with two attached hydrogens (primary N) is 1. The Kier molecular flexibility index (Phi) is 5.30. The summed E-state index contributed by atoms with van der Waals surface area (Å²) in [7, 11) is -3.26. The van der Waals surface area contributed by atoms with Gasteiger partial charge < -0.3 is 16.2 Å². The summed E-state index contributed by atoms with van der Waals surface area (Å²) in [5.41, 5.74) is 5.77. The molecule has 1 rings (SSSR count). The topological polar surface area (TPSA) is 127 Å². The number of rotatable bonds is 6. The minimum atomic E-state index is -3.26. The predicted molar refractivity (Wildman–Crippen MR) is 69.2 cm³/mol. The maximum atomic E-state index is 11.9. The van der Waals surface area contributed by atoms with Crippen LogP contribution in [0, 0.1) is 5.92 Å². The van der Waals surface area contributed by atoms with Crippen LogP contribution >= 0.6 is 0 Å². The third-order valence-electron chi connectivity index (χ3n) is 3.30. The predicted octanol–water partition coefficient (Wildman–Crippen LogP) is -0.882. The summed E-state index contributed by atoms with van der Waals surface area (Å²) in [4.78, 5) is 22.9. The van der Waals surface area contributed by atoms with Crippen LogP contribution in [0.4, 0.5) is 0 Å². The fourth-order valence-corrected chi connectivity index (χ4v) is 2.85. The minimum Gasteiger partial charge on any atom is -0.480 e. The van der Waals surface area contributed by atoms with Gasteiger partial charge in [0.1, 0.15) is 15.9 Å². The number of hydrogen-bond acceptors (Lipinski definition) is 5. The molecule has 0 aliphatic heterocycles. The number of amides is 1. The summed E-state index contributed by atoms with van der Waals surface area (Å²) in [6, 6.07) is -1.43. The number of hydrogen-bond donors (Lipinski definition) is 3. The lowest BCUT2D eigenvalue weighted by atomic mass is 10.0. The van der Waals surface area contributed by atoms with Gasteiger partial charge in [-0.05, 0) is 19.3 Å². The number of carboxylic acids is 1. The number of sulfone groups is 1. The monoisotopic (exact) mass is 292 g/mol. The standard InChI is InChI=1S/C11H20N2O5S/c1-19(17,18)6-5-9(11(15)16)13-10(14)7-3-2-4-8(7)12/h7-9H,2-6,12H2,1H3,(H,13,14)(H,15,16). The molecule has 0 aromatic carbocycles. The number of carbonyl (C=O) groups is 2. The van der Waals surface area contributed by atoms with E-state index in [2.05, 4.69) is 5.32 Å². The van der Waals surface area contributed by atoms with E-state index in [0.717, 1.165) is 19.1 Å². The highest BCUT2D eigenvalue weighted by Gasteiger charge is 2.32. The molecule has 19 heavy (non-hydrogen) atoms. The molecule has 1 saturated carbocycles. The van der Waals surface area contributed by atoms with Crippen LogP contribution in [-0.4, -0.2) is 49.5 Å². The Bertz CT molecular complexity index is 448. The van der Waals surface area contributed by atoms with E-state index < -0.39 is 27.8 Å². The highest BCUT2D eigenvalue weighted by atomic mass is 32.2. The highest BCUT2D eigenvalue weighted by molar-refractivity contribution is 7.90. The van der Waals surface area contributed by atoms with Crippen molar-refractivity contribution >= 4 is 21.7 Å². The molecule has 0 aromatic rings. The Hall–Kier alpha value is -1.15. The van der Waals surface area contributed by atoms with E-state index in [0.29, 0.717) is 6.42 Å². The van der Waals surface area contributed by atoms with Gasteiger partial charge in [-0.2, -0.15) is 0 Å². The van der Waals surface area contributed by atoms with Gasteiger partial charge in [-0.3, -0.25) is 4.79 Å². The van der Waals surface area contributed by atoms with Crippen molar-refractivity contribution in [2.75, 3.05) is 12.0 Å². The van der Waals surface area contributed by atoms with E-state index >= 15 is 0 Å². The van der Waals surface area contributed by atoms with Crippen molar-refractivity contribution in [2.24, 2.45) is 11.7 Å². The van der Waals surface area contributed by atoms with Gasteiger partial charge in [-0.1, -0.05) is 6.42 Å².